The summed E-state index contributed by atoms with van der Waals surface area (Å²) in [6.07, 6.45) is 0.169. The first-order chi connectivity index (χ1) is 7.69. The summed E-state index contributed by atoms with van der Waals surface area (Å²) < 4.78 is 9.80. The molecule has 1 unspecified atom stereocenters. The molecule has 0 heterocycles. The minimum atomic E-state index is -0.484. The predicted octanol–water partition coefficient (Wildman–Crippen LogP) is 1.54. The molecule has 1 aromatic rings. The van der Waals surface area contributed by atoms with Crippen LogP contribution in [0.2, 0.25) is 0 Å². The highest BCUT2D eigenvalue weighted by molar-refractivity contribution is 6.07. The van der Waals surface area contributed by atoms with Crippen molar-refractivity contribution in [3.05, 3.63) is 29.3 Å². The lowest BCUT2D eigenvalue weighted by Crippen LogP contribution is -2.11. The molecule has 0 radical (unpaired) electrons. The Morgan fingerprint density at radius 1 is 1.38 bits per heavy atom. The fourth-order valence-corrected chi connectivity index (χ4v) is 2.06. The molecule has 1 aromatic carbocycles. The minimum Gasteiger partial charge on any atom is -0.496 e. The number of methoxy groups -OCH3 is 2. The van der Waals surface area contributed by atoms with Gasteiger partial charge in [0.1, 0.15) is 5.75 Å². The molecule has 2 rings (SSSR count). The second kappa shape index (κ2) is 3.96. The Morgan fingerprint density at radius 2 is 2.12 bits per heavy atom. The SMILES string of the molecule is COC(=O)C1CC(=O)c2c(OC)cccc21. The standard InChI is InChI=1S/C12H12O4/c1-15-10-5-3-4-7-8(12(14)16-2)6-9(13)11(7)10/h3-5,8H,6H2,1-2H3. The van der Waals surface area contributed by atoms with E-state index in [1.54, 1.807) is 18.2 Å². The van der Waals surface area contributed by atoms with E-state index in [2.05, 4.69) is 4.74 Å². The molecule has 4 heteroatoms. The first kappa shape index (κ1) is 10.7. The zero-order valence-electron chi connectivity index (χ0n) is 9.15. The number of benzene rings is 1. The van der Waals surface area contributed by atoms with Gasteiger partial charge in [0.05, 0.1) is 25.7 Å². The molecule has 84 valence electrons. The summed E-state index contributed by atoms with van der Waals surface area (Å²) in [5.41, 5.74) is 1.22. The Kier molecular flexibility index (Phi) is 2.64. The normalized spacial score (nSPS) is 18.1. The van der Waals surface area contributed by atoms with E-state index in [9.17, 15) is 9.59 Å². The van der Waals surface area contributed by atoms with Crippen molar-refractivity contribution in [2.75, 3.05) is 14.2 Å². The van der Waals surface area contributed by atoms with Crippen LogP contribution in [0.15, 0.2) is 18.2 Å². The largest absolute Gasteiger partial charge is 0.496 e. The zero-order chi connectivity index (χ0) is 11.7. The zero-order valence-corrected chi connectivity index (χ0v) is 9.15. The number of esters is 1. The van der Waals surface area contributed by atoms with Gasteiger partial charge in [0.25, 0.3) is 0 Å². The van der Waals surface area contributed by atoms with E-state index in [1.807, 2.05) is 0 Å². The van der Waals surface area contributed by atoms with Crippen LogP contribution in [0, 0.1) is 0 Å². The number of fused-ring (bicyclic) bond motifs is 1. The summed E-state index contributed by atoms with van der Waals surface area (Å²) >= 11 is 0. The van der Waals surface area contributed by atoms with Gasteiger partial charge in [0, 0.05) is 6.42 Å². The third-order valence-electron chi connectivity index (χ3n) is 2.81. The van der Waals surface area contributed by atoms with Gasteiger partial charge in [-0.05, 0) is 11.6 Å². The van der Waals surface area contributed by atoms with E-state index in [0.29, 0.717) is 16.9 Å². The van der Waals surface area contributed by atoms with E-state index in [4.69, 9.17) is 4.74 Å². The van der Waals surface area contributed by atoms with Crippen LogP contribution < -0.4 is 4.74 Å². The van der Waals surface area contributed by atoms with Crippen LogP contribution in [-0.2, 0) is 9.53 Å². The van der Waals surface area contributed by atoms with Crippen molar-refractivity contribution in [3.8, 4) is 5.75 Å². The lowest BCUT2D eigenvalue weighted by molar-refractivity contribution is -0.142. The second-order valence-electron chi connectivity index (χ2n) is 3.63. The van der Waals surface area contributed by atoms with Crippen molar-refractivity contribution in [2.24, 2.45) is 0 Å². The summed E-state index contributed by atoms with van der Waals surface area (Å²) in [6, 6.07) is 5.26. The maximum atomic E-state index is 11.8. The maximum Gasteiger partial charge on any atom is 0.313 e. The quantitative estimate of drug-likeness (QED) is 0.709. The fraction of sp³-hybridized carbons (Fsp3) is 0.333. The highest BCUT2D eigenvalue weighted by Crippen LogP contribution is 2.38. The van der Waals surface area contributed by atoms with Crippen molar-refractivity contribution in [3.63, 3.8) is 0 Å². The first-order valence-corrected chi connectivity index (χ1v) is 4.97. The minimum absolute atomic E-state index is 0.0668. The summed E-state index contributed by atoms with van der Waals surface area (Å²) in [5.74, 6) is -0.403. The van der Waals surface area contributed by atoms with Gasteiger partial charge < -0.3 is 9.47 Å². The smallest absolute Gasteiger partial charge is 0.313 e. The molecule has 0 amide bonds. The van der Waals surface area contributed by atoms with Crippen LogP contribution in [0.5, 0.6) is 5.75 Å². The molecule has 1 aliphatic rings. The second-order valence-corrected chi connectivity index (χ2v) is 3.63. The predicted molar refractivity (Wildman–Crippen MR) is 56.7 cm³/mol. The van der Waals surface area contributed by atoms with Gasteiger partial charge in [-0.15, -0.1) is 0 Å². The molecule has 0 bridgehead atoms. The Hall–Kier alpha value is -1.84. The van der Waals surface area contributed by atoms with Crippen molar-refractivity contribution >= 4 is 11.8 Å². The molecule has 0 aliphatic heterocycles. The van der Waals surface area contributed by atoms with Crippen molar-refractivity contribution in [1.82, 2.24) is 0 Å². The van der Waals surface area contributed by atoms with E-state index in [1.165, 1.54) is 14.2 Å². The van der Waals surface area contributed by atoms with Crippen LogP contribution in [0.1, 0.15) is 28.3 Å². The van der Waals surface area contributed by atoms with Crippen molar-refractivity contribution in [2.45, 2.75) is 12.3 Å². The van der Waals surface area contributed by atoms with Gasteiger partial charge in [-0.1, -0.05) is 12.1 Å². The molecule has 4 nitrogen and oxygen atoms in total. The number of hydrogen-bond donors (Lipinski definition) is 0. The summed E-state index contributed by atoms with van der Waals surface area (Å²) in [6.45, 7) is 0. The third kappa shape index (κ3) is 1.46. The van der Waals surface area contributed by atoms with Gasteiger partial charge in [-0.25, -0.2) is 0 Å². The average molecular weight is 220 g/mol. The van der Waals surface area contributed by atoms with Gasteiger partial charge in [-0.2, -0.15) is 0 Å². The van der Waals surface area contributed by atoms with Gasteiger partial charge in [-0.3, -0.25) is 9.59 Å². The fourth-order valence-electron chi connectivity index (χ4n) is 2.06. The molecule has 0 aromatic heterocycles. The monoisotopic (exact) mass is 220 g/mol. The lowest BCUT2D eigenvalue weighted by Gasteiger charge is -2.09. The van der Waals surface area contributed by atoms with E-state index >= 15 is 0 Å². The number of Topliss-reactive ketones (excluding diaryl/α,β-unsaturated/α-hetero) is 1. The molecular weight excluding hydrogens is 208 g/mol. The molecular formula is C12H12O4. The lowest BCUT2D eigenvalue weighted by atomic mass is 10.0. The molecule has 0 saturated heterocycles. The maximum absolute atomic E-state index is 11.8. The van der Waals surface area contributed by atoms with Crippen LogP contribution in [0.4, 0.5) is 0 Å². The van der Waals surface area contributed by atoms with Gasteiger partial charge in [0.15, 0.2) is 5.78 Å². The van der Waals surface area contributed by atoms with Gasteiger partial charge >= 0.3 is 5.97 Å². The Bertz CT molecular complexity index is 450. The number of rotatable bonds is 2. The molecule has 0 N–H and O–H groups in total. The van der Waals surface area contributed by atoms with Crippen LogP contribution in [-0.4, -0.2) is 26.0 Å². The number of ether oxygens (including phenoxy) is 2. The highest BCUT2D eigenvalue weighted by Gasteiger charge is 2.36. The molecule has 0 fully saturated rings. The Morgan fingerprint density at radius 3 is 2.75 bits per heavy atom. The van der Waals surface area contributed by atoms with Crippen molar-refractivity contribution in [1.29, 1.82) is 0 Å². The van der Waals surface area contributed by atoms with E-state index in [-0.39, 0.29) is 18.2 Å². The van der Waals surface area contributed by atoms with E-state index < -0.39 is 5.92 Å². The molecule has 1 aliphatic carbocycles. The van der Waals surface area contributed by atoms with Crippen LogP contribution >= 0.6 is 0 Å². The molecule has 1 atom stereocenters. The average Bonchev–Trinajstić information content (AvgIpc) is 2.66. The van der Waals surface area contributed by atoms with E-state index in [0.717, 1.165) is 0 Å². The Labute approximate surface area is 93.2 Å². The molecule has 0 spiro atoms. The number of carbonyl (C=O) groups is 2. The van der Waals surface area contributed by atoms with Crippen LogP contribution in [0.25, 0.3) is 0 Å². The summed E-state index contributed by atoms with van der Waals surface area (Å²) in [7, 11) is 2.83. The molecule has 16 heavy (non-hydrogen) atoms. The third-order valence-corrected chi connectivity index (χ3v) is 2.81. The number of carbonyl (C=O) groups excluding carboxylic acids is 2. The first-order valence-electron chi connectivity index (χ1n) is 4.97. The summed E-state index contributed by atoms with van der Waals surface area (Å²) in [5, 5.41) is 0. The Balaban J connectivity index is 2.51. The molecule has 0 saturated carbocycles. The van der Waals surface area contributed by atoms with Crippen molar-refractivity contribution < 1.29 is 19.1 Å². The van der Waals surface area contributed by atoms with Gasteiger partial charge in [0.2, 0.25) is 0 Å². The number of hydrogen-bond acceptors (Lipinski definition) is 4. The van der Waals surface area contributed by atoms with Crippen LogP contribution in [0.3, 0.4) is 0 Å². The topological polar surface area (TPSA) is 52.6 Å². The highest BCUT2D eigenvalue weighted by atomic mass is 16.5. The summed E-state index contributed by atoms with van der Waals surface area (Å²) in [4.78, 5) is 23.3. The number of ketones is 1.